The number of rotatable bonds is 9. The molecule has 0 heterocycles. The minimum absolute atomic E-state index is 0.0440. The molecule has 9 nitrogen and oxygen atoms in total. The second-order valence-electron chi connectivity index (χ2n) is 6.57. The van der Waals surface area contributed by atoms with Crippen molar-refractivity contribution in [3.05, 3.63) is 46.0 Å². The SMILES string of the molecule is CC(C)(C)OC(=O)N[C@@H](CCc1ccccc1)C(=O)NCCO[N+](=O)[O-]. The zero-order chi connectivity index (χ0) is 19.6. The van der Waals surface area contributed by atoms with Gasteiger partial charge in [0, 0.05) is 6.54 Å². The van der Waals surface area contributed by atoms with Crippen LogP contribution in [-0.4, -0.2) is 41.9 Å². The lowest BCUT2D eigenvalue weighted by atomic mass is 10.0. The summed E-state index contributed by atoms with van der Waals surface area (Å²) in [6.07, 6.45) is 0.220. The Hall–Kier alpha value is -2.84. The molecular formula is C17H25N3O6. The van der Waals surface area contributed by atoms with Crippen LogP contribution in [0.5, 0.6) is 0 Å². The number of aryl methyl sites for hydroxylation is 1. The molecule has 2 amide bonds. The van der Waals surface area contributed by atoms with E-state index in [0.29, 0.717) is 12.8 Å². The van der Waals surface area contributed by atoms with Crippen molar-refractivity contribution in [2.24, 2.45) is 0 Å². The summed E-state index contributed by atoms with van der Waals surface area (Å²) >= 11 is 0. The Morgan fingerprint density at radius 2 is 1.88 bits per heavy atom. The van der Waals surface area contributed by atoms with Gasteiger partial charge in [-0.2, -0.15) is 0 Å². The van der Waals surface area contributed by atoms with Gasteiger partial charge in [0.05, 0.1) is 0 Å². The van der Waals surface area contributed by atoms with Crippen molar-refractivity contribution in [3.63, 3.8) is 0 Å². The maximum Gasteiger partial charge on any atom is 0.408 e. The number of hydrogen-bond acceptors (Lipinski definition) is 6. The Balaban J connectivity index is 2.62. The van der Waals surface area contributed by atoms with Gasteiger partial charge in [-0.15, -0.1) is 10.1 Å². The maximum atomic E-state index is 12.3. The Morgan fingerprint density at radius 1 is 1.23 bits per heavy atom. The fourth-order valence-electron chi connectivity index (χ4n) is 2.09. The van der Waals surface area contributed by atoms with Crippen LogP contribution in [0.25, 0.3) is 0 Å². The molecule has 2 N–H and O–H groups in total. The van der Waals surface area contributed by atoms with Crippen LogP contribution in [0.4, 0.5) is 4.79 Å². The standard InChI is InChI=1S/C17H25N3O6/c1-17(2,3)26-16(22)19-14(10-9-13-7-5-4-6-8-13)15(21)18-11-12-25-20(23)24/h4-8,14H,9-12H2,1-3H3,(H,18,21)(H,19,22)/t14-/m0/s1. The highest BCUT2D eigenvalue weighted by molar-refractivity contribution is 5.85. The van der Waals surface area contributed by atoms with E-state index in [9.17, 15) is 19.7 Å². The van der Waals surface area contributed by atoms with Gasteiger partial charge >= 0.3 is 6.09 Å². The van der Waals surface area contributed by atoms with Gasteiger partial charge < -0.3 is 20.2 Å². The summed E-state index contributed by atoms with van der Waals surface area (Å²) in [5.41, 5.74) is 0.331. The third-order valence-corrected chi connectivity index (χ3v) is 3.17. The number of ether oxygens (including phenoxy) is 1. The van der Waals surface area contributed by atoms with E-state index < -0.39 is 28.7 Å². The lowest BCUT2D eigenvalue weighted by Crippen LogP contribution is -2.49. The topological polar surface area (TPSA) is 120 Å². The van der Waals surface area contributed by atoms with Crippen LogP contribution in [0.1, 0.15) is 32.8 Å². The van der Waals surface area contributed by atoms with Crippen molar-refractivity contribution in [1.82, 2.24) is 10.6 Å². The second kappa shape index (κ2) is 10.2. The summed E-state index contributed by atoms with van der Waals surface area (Å²) in [6.45, 7) is 4.86. The van der Waals surface area contributed by atoms with E-state index >= 15 is 0 Å². The molecule has 0 aliphatic heterocycles. The van der Waals surface area contributed by atoms with Crippen LogP contribution in [0.15, 0.2) is 30.3 Å². The largest absolute Gasteiger partial charge is 0.444 e. The highest BCUT2D eigenvalue weighted by atomic mass is 16.9. The molecule has 0 aromatic heterocycles. The predicted octanol–water partition coefficient (Wildman–Crippen LogP) is 1.84. The number of hydrogen-bond donors (Lipinski definition) is 2. The van der Waals surface area contributed by atoms with Crippen LogP contribution in [0.3, 0.4) is 0 Å². The number of carbonyl (C=O) groups is 2. The average molecular weight is 367 g/mol. The molecule has 1 aromatic carbocycles. The van der Waals surface area contributed by atoms with Crippen molar-refractivity contribution in [2.75, 3.05) is 13.2 Å². The van der Waals surface area contributed by atoms with Crippen molar-refractivity contribution in [2.45, 2.75) is 45.3 Å². The predicted molar refractivity (Wildman–Crippen MR) is 93.9 cm³/mol. The second-order valence-corrected chi connectivity index (χ2v) is 6.57. The Bertz CT molecular complexity index is 600. The molecule has 1 atom stereocenters. The summed E-state index contributed by atoms with van der Waals surface area (Å²) in [4.78, 5) is 38.5. The number of nitrogens with zero attached hydrogens (tertiary/aromatic N) is 1. The molecule has 0 aliphatic carbocycles. The highest BCUT2D eigenvalue weighted by Gasteiger charge is 2.24. The van der Waals surface area contributed by atoms with E-state index in [1.165, 1.54) is 0 Å². The Morgan fingerprint density at radius 3 is 2.46 bits per heavy atom. The first-order valence-corrected chi connectivity index (χ1v) is 8.26. The van der Waals surface area contributed by atoms with Gasteiger partial charge in [-0.25, -0.2) is 4.79 Å². The smallest absolute Gasteiger partial charge is 0.408 e. The fraction of sp³-hybridized carbons (Fsp3) is 0.529. The molecule has 144 valence electrons. The maximum absolute atomic E-state index is 12.3. The molecule has 1 rings (SSSR count). The number of alkyl carbamates (subject to hydrolysis) is 1. The van der Waals surface area contributed by atoms with E-state index in [4.69, 9.17) is 4.74 Å². The van der Waals surface area contributed by atoms with Crippen molar-refractivity contribution >= 4 is 12.0 Å². The van der Waals surface area contributed by atoms with E-state index in [2.05, 4.69) is 15.5 Å². The number of nitrogens with one attached hydrogen (secondary N) is 2. The van der Waals surface area contributed by atoms with Crippen LogP contribution in [-0.2, 0) is 20.8 Å². The Kier molecular flexibility index (Phi) is 8.33. The van der Waals surface area contributed by atoms with Crippen molar-refractivity contribution < 1.29 is 24.3 Å². The molecule has 0 saturated heterocycles. The van der Waals surface area contributed by atoms with E-state index in [-0.39, 0.29) is 13.2 Å². The van der Waals surface area contributed by atoms with Crippen molar-refractivity contribution in [1.29, 1.82) is 0 Å². The summed E-state index contributed by atoms with van der Waals surface area (Å²) in [6, 6.07) is 8.69. The molecule has 26 heavy (non-hydrogen) atoms. The monoisotopic (exact) mass is 367 g/mol. The van der Waals surface area contributed by atoms with E-state index in [1.54, 1.807) is 20.8 Å². The summed E-state index contributed by atoms with van der Waals surface area (Å²) < 4.78 is 5.18. The van der Waals surface area contributed by atoms with Crippen molar-refractivity contribution in [3.8, 4) is 0 Å². The first kappa shape index (κ1) is 21.2. The minimum atomic E-state index is -0.933. The van der Waals surface area contributed by atoms with E-state index in [0.717, 1.165) is 5.56 Å². The molecule has 0 bridgehead atoms. The number of benzene rings is 1. The number of amides is 2. The Labute approximate surface area is 152 Å². The third-order valence-electron chi connectivity index (χ3n) is 3.17. The minimum Gasteiger partial charge on any atom is -0.444 e. The van der Waals surface area contributed by atoms with Crippen LogP contribution in [0.2, 0.25) is 0 Å². The molecule has 1 aromatic rings. The lowest BCUT2D eigenvalue weighted by molar-refractivity contribution is -0.757. The van der Waals surface area contributed by atoms with Gasteiger partial charge in [0.1, 0.15) is 18.2 Å². The molecule has 0 fully saturated rings. The van der Waals surface area contributed by atoms with Gasteiger partial charge in [0.2, 0.25) is 5.91 Å². The highest BCUT2D eigenvalue weighted by Crippen LogP contribution is 2.09. The van der Waals surface area contributed by atoms with Gasteiger partial charge in [0.25, 0.3) is 5.09 Å². The fourth-order valence-corrected chi connectivity index (χ4v) is 2.09. The molecule has 0 radical (unpaired) electrons. The molecule has 0 saturated carbocycles. The normalized spacial score (nSPS) is 12.0. The van der Waals surface area contributed by atoms with Crippen LogP contribution >= 0.6 is 0 Å². The van der Waals surface area contributed by atoms with E-state index in [1.807, 2.05) is 30.3 Å². The first-order chi connectivity index (χ1) is 12.2. The van der Waals surface area contributed by atoms with Gasteiger partial charge in [0.15, 0.2) is 0 Å². The quantitative estimate of drug-likeness (QED) is 0.390. The molecule has 0 aliphatic rings. The molecule has 9 heteroatoms. The zero-order valence-electron chi connectivity index (χ0n) is 15.2. The summed E-state index contributed by atoms with van der Waals surface area (Å²) in [5.74, 6) is -0.460. The summed E-state index contributed by atoms with van der Waals surface area (Å²) in [7, 11) is 0. The zero-order valence-corrected chi connectivity index (χ0v) is 15.2. The van der Waals surface area contributed by atoms with Gasteiger partial charge in [-0.1, -0.05) is 30.3 Å². The number of carbonyl (C=O) groups excluding carboxylic acids is 2. The molecule has 0 spiro atoms. The van der Waals surface area contributed by atoms with Crippen LogP contribution in [0, 0.1) is 10.1 Å². The van der Waals surface area contributed by atoms with Crippen LogP contribution < -0.4 is 10.6 Å². The average Bonchev–Trinajstić information content (AvgIpc) is 2.54. The van der Waals surface area contributed by atoms with Gasteiger partial charge in [-0.3, -0.25) is 4.79 Å². The molecule has 0 unspecified atom stereocenters. The molecular weight excluding hydrogens is 342 g/mol. The third kappa shape index (κ3) is 9.45. The van der Waals surface area contributed by atoms with Gasteiger partial charge in [-0.05, 0) is 39.2 Å². The first-order valence-electron chi connectivity index (χ1n) is 8.26. The lowest BCUT2D eigenvalue weighted by Gasteiger charge is -2.23. The summed E-state index contributed by atoms with van der Waals surface area (Å²) in [5, 5.41) is 14.2.